The van der Waals surface area contributed by atoms with Crippen LogP contribution in [0.4, 0.5) is 0 Å². The smallest absolute Gasteiger partial charge is 0.143 e. The Balaban J connectivity index is 1.17. The molecule has 0 heterocycles. The average Bonchev–Trinajstić information content (AvgIpc) is 3.21. The molecule has 0 aliphatic heterocycles. The Kier molecular flexibility index (Phi) is 14.7. The summed E-state index contributed by atoms with van der Waals surface area (Å²) in [6, 6.07) is 49.7. The van der Waals surface area contributed by atoms with Crippen LogP contribution in [0.15, 0.2) is 140 Å². The zero-order valence-electron chi connectivity index (χ0n) is 32.9. The van der Waals surface area contributed by atoms with Crippen molar-refractivity contribution in [3.63, 3.8) is 0 Å². The molecule has 2 atom stereocenters. The summed E-state index contributed by atoms with van der Waals surface area (Å²) >= 11 is 0. The summed E-state index contributed by atoms with van der Waals surface area (Å²) in [7, 11) is 1.21. The quantitative estimate of drug-likeness (QED) is 0.0472. The summed E-state index contributed by atoms with van der Waals surface area (Å²) in [6.07, 6.45) is 4.12. The normalized spacial score (nSPS) is 13.3. The van der Waals surface area contributed by atoms with E-state index in [9.17, 15) is 10.2 Å². The first-order valence-electron chi connectivity index (χ1n) is 19.6. The Hall–Kier alpha value is -4.20. The molecule has 0 aliphatic carbocycles. The Morgan fingerprint density at radius 1 is 0.500 bits per heavy atom. The molecule has 0 fully saturated rings. The van der Waals surface area contributed by atoms with E-state index in [0.717, 1.165) is 66.3 Å². The lowest BCUT2D eigenvalue weighted by atomic mass is 9.80. The van der Waals surface area contributed by atoms with Crippen molar-refractivity contribution < 1.29 is 24.4 Å². The maximum atomic E-state index is 11.0. The first kappa shape index (κ1) is 41.0. The summed E-state index contributed by atoms with van der Waals surface area (Å²) in [5.41, 5.74) is 2.21. The lowest BCUT2D eigenvalue weighted by molar-refractivity contribution is 0.00236. The van der Waals surface area contributed by atoms with E-state index in [0.29, 0.717) is 19.4 Å². The summed E-state index contributed by atoms with van der Waals surface area (Å²) < 4.78 is 17.9. The summed E-state index contributed by atoms with van der Waals surface area (Å²) in [4.78, 5) is 0. The van der Waals surface area contributed by atoms with Crippen molar-refractivity contribution in [1.29, 1.82) is 0 Å². The number of methoxy groups -OCH3 is 2. The molecule has 5 rings (SSSR count). The van der Waals surface area contributed by atoms with Crippen LogP contribution in [0.1, 0.15) is 82.4 Å². The van der Waals surface area contributed by atoms with E-state index in [1.165, 1.54) is 10.4 Å². The van der Waals surface area contributed by atoms with Crippen LogP contribution in [0.2, 0.25) is 11.1 Å². The Morgan fingerprint density at radius 2 is 0.907 bits per heavy atom. The Labute approximate surface area is 325 Å². The molecule has 0 aromatic heterocycles. The van der Waals surface area contributed by atoms with Crippen LogP contribution in [0.3, 0.4) is 0 Å². The van der Waals surface area contributed by atoms with Gasteiger partial charge in [-0.05, 0) is 71.3 Å². The van der Waals surface area contributed by atoms with Crippen molar-refractivity contribution in [2.24, 2.45) is 0 Å². The van der Waals surface area contributed by atoms with Gasteiger partial charge < -0.3 is 24.4 Å². The van der Waals surface area contributed by atoms with Gasteiger partial charge in [0.25, 0.3) is 0 Å². The molecule has 5 aromatic carbocycles. The van der Waals surface area contributed by atoms with Crippen LogP contribution in [-0.4, -0.2) is 51.3 Å². The fraction of sp³-hybridized carbons (Fsp3) is 0.375. The largest absolute Gasteiger partial charge is 0.497 e. The van der Waals surface area contributed by atoms with Gasteiger partial charge in [0.2, 0.25) is 0 Å². The number of hydrogen-bond acceptors (Lipinski definition) is 5. The number of aliphatic hydroxyl groups excluding tert-OH is 2. The first-order chi connectivity index (χ1) is 26.2. The van der Waals surface area contributed by atoms with Crippen LogP contribution in [0, 0.1) is 0 Å². The average molecular weight is 745 g/mol. The minimum Gasteiger partial charge on any atom is -0.497 e. The van der Waals surface area contributed by atoms with Gasteiger partial charge in [-0.3, -0.25) is 0 Å². The van der Waals surface area contributed by atoms with E-state index >= 15 is 0 Å². The molecule has 286 valence electrons. The molecule has 54 heavy (non-hydrogen) atoms. The molecule has 2 N–H and O–H groups in total. The number of rotatable bonds is 20. The van der Waals surface area contributed by atoms with Gasteiger partial charge in [0.1, 0.15) is 25.2 Å². The van der Waals surface area contributed by atoms with Crippen LogP contribution in [-0.2, 0) is 10.3 Å². The van der Waals surface area contributed by atoms with E-state index < -0.39 is 25.9 Å². The number of unbranched alkanes of at least 4 members (excludes halogenated alkanes) is 3. The predicted molar refractivity (Wildman–Crippen MR) is 225 cm³/mol. The lowest BCUT2D eigenvalue weighted by Crippen LogP contribution is -2.64. The van der Waals surface area contributed by atoms with Gasteiger partial charge in [0.15, 0.2) is 0 Å². The zero-order valence-corrected chi connectivity index (χ0v) is 33.9. The van der Waals surface area contributed by atoms with Crippen LogP contribution >= 0.6 is 0 Å². The van der Waals surface area contributed by atoms with Gasteiger partial charge in [0, 0.05) is 6.61 Å². The molecule has 5 nitrogen and oxygen atoms in total. The summed E-state index contributed by atoms with van der Waals surface area (Å²) in [5, 5.41) is 25.0. The molecule has 0 radical (unpaired) electrons. The van der Waals surface area contributed by atoms with Crippen LogP contribution in [0.25, 0.3) is 0 Å². The van der Waals surface area contributed by atoms with Gasteiger partial charge in [-0.25, -0.2) is 0 Å². The Morgan fingerprint density at radius 3 is 1.33 bits per heavy atom. The fourth-order valence-electron chi connectivity index (χ4n) is 8.20. The number of ether oxygens (including phenoxy) is 3. The van der Waals surface area contributed by atoms with Gasteiger partial charge in [-0.15, -0.1) is 0 Å². The van der Waals surface area contributed by atoms with Crippen molar-refractivity contribution in [1.82, 2.24) is 0 Å². The first-order valence-corrected chi connectivity index (χ1v) is 21.8. The topological polar surface area (TPSA) is 68.2 Å². The summed E-state index contributed by atoms with van der Waals surface area (Å²) in [6.45, 7) is 7.70. The third-order valence-corrected chi connectivity index (χ3v) is 17.5. The third kappa shape index (κ3) is 9.53. The molecule has 2 unspecified atom stereocenters. The van der Waals surface area contributed by atoms with Crippen molar-refractivity contribution in [2.75, 3.05) is 20.8 Å². The van der Waals surface area contributed by atoms with E-state index in [1.807, 2.05) is 42.5 Å². The van der Waals surface area contributed by atoms with E-state index in [-0.39, 0.29) is 5.04 Å². The number of hydrogen-bond donors (Lipinski definition) is 2. The van der Waals surface area contributed by atoms with E-state index in [4.69, 9.17) is 14.2 Å². The minimum absolute atomic E-state index is 0.113. The van der Waals surface area contributed by atoms with Crippen LogP contribution in [0.5, 0.6) is 11.5 Å². The van der Waals surface area contributed by atoms with Gasteiger partial charge >= 0.3 is 0 Å². The SMILES string of the molecule is COc1ccc(C(OCCCCCC(O)C(O)CCCC[Si](c2ccccc2)(c2ccccc2)C(C)(C)C)(c2ccccc2)c2ccc(OC)cc2)cc1. The second kappa shape index (κ2) is 19.4. The van der Waals surface area contributed by atoms with Gasteiger partial charge in [0.05, 0.1) is 26.4 Å². The molecule has 0 spiro atoms. The fourth-order valence-corrected chi connectivity index (χ4v) is 13.9. The molecule has 0 bridgehead atoms. The van der Waals surface area contributed by atoms with Crippen molar-refractivity contribution in [2.45, 2.75) is 94.6 Å². The lowest BCUT2D eigenvalue weighted by Gasteiger charge is -2.44. The second-order valence-corrected chi connectivity index (χ2v) is 20.4. The maximum Gasteiger partial charge on any atom is 0.143 e. The zero-order chi connectivity index (χ0) is 38.4. The molecule has 0 amide bonds. The highest BCUT2D eigenvalue weighted by molar-refractivity contribution is 7.04. The highest BCUT2D eigenvalue weighted by Gasteiger charge is 2.46. The molecule has 6 heteroatoms. The number of benzene rings is 5. The third-order valence-electron chi connectivity index (χ3n) is 11.2. The van der Waals surface area contributed by atoms with Crippen molar-refractivity contribution >= 4 is 18.4 Å². The second-order valence-electron chi connectivity index (χ2n) is 15.5. The van der Waals surface area contributed by atoms with E-state index in [1.54, 1.807) is 14.2 Å². The Bertz CT molecular complexity index is 1700. The molecule has 0 saturated heterocycles. The van der Waals surface area contributed by atoms with Crippen LogP contribution < -0.4 is 19.8 Å². The van der Waals surface area contributed by atoms with Gasteiger partial charge in [-0.1, -0.05) is 172 Å². The molecule has 5 aromatic rings. The van der Waals surface area contributed by atoms with E-state index in [2.05, 4.69) is 118 Å². The molecule has 0 saturated carbocycles. The monoisotopic (exact) mass is 744 g/mol. The standard InChI is InChI=1S/C48H60O5Si/c1-47(2,3)54(43-22-12-7-13-23-43,44-24-14-8-15-25-44)37-19-17-27-46(50)45(49)26-16-9-18-36-53-48(38-20-10-6-11-21-38,39-28-32-41(51-4)33-29-39)40-30-34-42(52-5)35-31-40/h6-8,10-15,20-25,28-35,45-46,49-50H,9,16-19,26-27,36-37H2,1-5H3. The predicted octanol–water partition coefficient (Wildman–Crippen LogP) is 9.53. The van der Waals surface area contributed by atoms with Crippen molar-refractivity contribution in [3.05, 3.63) is 156 Å². The van der Waals surface area contributed by atoms with Crippen molar-refractivity contribution in [3.8, 4) is 11.5 Å². The maximum absolute atomic E-state index is 11.0. The summed E-state index contributed by atoms with van der Waals surface area (Å²) in [5.74, 6) is 1.57. The highest BCUT2D eigenvalue weighted by Crippen LogP contribution is 2.42. The molecule has 0 aliphatic rings. The molecular weight excluding hydrogens is 685 g/mol. The molecular formula is C48H60O5Si. The van der Waals surface area contributed by atoms with Gasteiger partial charge in [-0.2, -0.15) is 0 Å². The number of aliphatic hydroxyl groups is 2. The highest BCUT2D eigenvalue weighted by atomic mass is 28.3. The minimum atomic E-state index is -2.14.